The van der Waals surface area contributed by atoms with Gasteiger partial charge in [-0.25, -0.2) is 4.79 Å². The highest BCUT2D eigenvalue weighted by molar-refractivity contribution is 7.14. The van der Waals surface area contributed by atoms with Gasteiger partial charge in [-0.1, -0.05) is 0 Å². The van der Waals surface area contributed by atoms with Crippen LogP contribution in [-0.4, -0.2) is 54.4 Å². The van der Waals surface area contributed by atoms with E-state index in [-0.39, 0.29) is 6.03 Å². The number of nitrogens with zero attached hydrogens (tertiary/aromatic N) is 4. The van der Waals surface area contributed by atoms with Gasteiger partial charge in [0.05, 0.1) is 17.8 Å². The zero-order valence-corrected chi connectivity index (χ0v) is 16.4. The molecule has 1 aromatic carbocycles. The molecule has 0 unspecified atom stereocenters. The topological polar surface area (TPSA) is 70.6 Å². The van der Waals surface area contributed by atoms with Crippen LogP contribution >= 0.6 is 11.3 Å². The molecular weight excluding hydrogens is 374 g/mol. The summed E-state index contributed by atoms with van der Waals surface area (Å²) in [6, 6.07) is 15.5. The van der Waals surface area contributed by atoms with Crippen LogP contribution < -0.4 is 15.0 Å². The summed E-state index contributed by atoms with van der Waals surface area (Å²) in [5, 5.41) is 14.5. The molecule has 0 spiro atoms. The average Bonchev–Trinajstić information content (AvgIpc) is 3.27. The van der Waals surface area contributed by atoms with Gasteiger partial charge in [0.15, 0.2) is 5.82 Å². The van der Waals surface area contributed by atoms with E-state index in [9.17, 15) is 4.79 Å². The third kappa shape index (κ3) is 4.07. The summed E-state index contributed by atoms with van der Waals surface area (Å²) in [6.07, 6.45) is 0. The largest absolute Gasteiger partial charge is 0.497 e. The first-order chi connectivity index (χ1) is 13.7. The van der Waals surface area contributed by atoms with Crippen molar-refractivity contribution in [2.45, 2.75) is 0 Å². The van der Waals surface area contributed by atoms with Crippen molar-refractivity contribution in [1.82, 2.24) is 15.1 Å². The smallest absolute Gasteiger partial charge is 0.322 e. The highest BCUT2D eigenvalue weighted by Gasteiger charge is 2.22. The number of aromatic nitrogens is 2. The first-order valence-electron chi connectivity index (χ1n) is 9.05. The molecule has 0 bridgehead atoms. The van der Waals surface area contributed by atoms with Crippen LogP contribution in [0, 0.1) is 0 Å². The Morgan fingerprint density at radius 2 is 1.82 bits per heavy atom. The molecule has 1 N–H and O–H groups in total. The maximum absolute atomic E-state index is 12.3. The van der Waals surface area contributed by atoms with Crippen molar-refractivity contribution in [3.05, 3.63) is 53.9 Å². The number of urea groups is 1. The number of ether oxygens (including phenoxy) is 1. The second-order valence-electron chi connectivity index (χ2n) is 6.39. The summed E-state index contributed by atoms with van der Waals surface area (Å²) >= 11 is 1.52. The van der Waals surface area contributed by atoms with Gasteiger partial charge < -0.3 is 14.5 Å². The lowest BCUT2D eigenvalue weighted by atomic mass is 10.1. The Balaban J connectivity index is 1.34. The minimum atomic E-state index is -0.0527. The summed E-state index contributed by atoms with van der Waals surface area (Å²) in [7, 11) is 1.65. The minimum Gasteiger partial charge on any atom is -0.497 e. The van der Waals surface area contributed by atoms with E-state index in [1.807, 2.05) is 58.8 Å². The van der Waals surface area contributed by atoms with Crippen molar-refractivity contribution in [2.75, 3.05) is 43.5 Å². The number of rotatable bonds is 4. The molecular formula is C20H21N5O2S. The van der Waals surface area contributed by atoms with Crippen LogP contribution in [0.4, 0.5) is 15.6 Å². The molecule has 7 nitrogen and oxygen atoms in total. The summed E-state index contributed by atoms with van der Waals surface area (Å²) in [4.78, 5) is 16.3. The van der Waals surface area contributed by atoms with Gasteiger partial charge in [-0.05, 0) is 53.9 Å². The van der Waals surface area contributed by atoms with Crippen molar-refractivity contribution in [2.24, 2.45) is 0 Å². The highest BCUT2D eigenvalue weighted by Crippen LogP contribution is 2.22. The number of hydrogen-bond donors (Lipinski definition) is 1. The monoisotopic (exact) mass is 395 g/mol. The molecule has 2 amide bonds. The first kappa shape index (κ1) is 18.2. The summed E-state index contributed by atoms with van der Waals surface area (Å²) in [6.45, 7) is 2.76. The van der Waals surface area contributed by atoms with E-state index in [0.29, 0.717) is 13.1 Å². The van der Waals surface area contributed by atoms with Gasteiger partial charge in [0.25, 0.3) is 0 Å². The summed E-state index contributed by atoms with van der Waals surface area (Å²) in [5.74, 6) is 1.64. The van der Waals surface area contributed by atoms with Gasteiger partial charge in [-0.3, -0.25) is 5.32 Å². The Hall–Kier alpha value is -3.13. The maximum atomic E-state index is 12.3. The van der Waals surface area contributed by atoms with Gasteiger partial charge in [-0.15, -0.1) is 21.5 Å². The Bertz CT molecular complexity index is 905. The summed E-state index contributed by atoms with van der Waals surface area (Å²) < 4.78 is 5.18. The minimum absolute atomic E-state index is 0.0527. The number of piperazine rings is 1. The van der Waals surface area contributed by atoms with Crippen molar-refractivity contribution < 1.29 is 9.53 Å². The predicted octanol–water partition coefficient (Wildman–Crippen LogP) is 3.57. The van der Waals surface area contributed by atoms with Crippen LogP contribution in [0.3, 0.4) is 0 Å². The zero-order chi connectivity index (χ0) is 19.3. The number of benzene rings is 1. The molecule has 0 saturated carbocycles. The van der Waals surface area contributed by atoms with Crippen LogP contribution in [0.1, 0.15) is 0 Å². The molecule has 28 heavy (non-hydrogen) atoms. The molecule has 0 atom stereocenters. The van der Waals surface area contributed by atoms with E-state index >= 15 is 0 Å². The fourth-order valence-electron chi connectivity index (χ4n) is 3.08. The SMILES string of the molecule is COc1ccc(-c2ccc(N3CCN(C(=O)Nc4cccs4)CC3)nn2)cc1. The number of thiophene rings is 1. The highest BCUT2D eigenvalue weighted by atomic mass is 32.1. The molecule has 4 rings (SSSR count). The molecule has 0 radical (unpaired) electrons. The molecule has 0 aliphatic carbocycles. The number of methoxy groups -OCH3 is 1. The van der Waals surface area contributed by atoms with E-state index in [4.69, 9.17) is 4.74 Å². The second-order valence-corrected chi connectivity index (χ2v) is 7.33. The van der Waals surface area contributed by atoms with Gasteiger partial charge in [0.2, 0.25) is 0 Å². The standard InChI is InChI=1S/C20H21N5O2S/c1-27-16-6-4-15(5-7-16)17-8-9-18(23-22-17)24-10-12-25(13-11-24)20(26)21-19-3-2-14-28-19/h2-9,14H,10-13H2,1H3,(H,21,26). The van der Waals surface area contributed by atoms with Crippen LogP contribution in [0.5, 0.6) is 5.75 Å². The zero-order valence-electron chi connectivity index (χ0n) is 15.5. The van der Waals surface area contributed by atoms with Gasteiger partial charge in [0.1, 0.15) is 5.75 Å². The first-order valence-corrected chi connectivity index (χ1v) is 9.93. The predicted molar refractivity (Wildman–Crippen MR) is 111 cm³/mol. The second kappa shape index (κ2) is 8.26. The van der Waals surface area contributed by atoms with E-state index < -0.39 is 0 Å². The molecule has 3 aromatic rings. The Kier molecular flexibility index (Phi) is 5.38. The van der Waals surface area contributed by atoms with E-state index in [1.165, 1.54) is 11.3 Å². The number of amides is 2. The van der Waals surface area contributed by atoms with Gasteiger partial charge in [-0.2, -0.15) is 0 Å². The lowest BCUT2D eigenvalue weighted by molar-refractivity contribution is 0.208. The molecule has 1 aliphatic heterocycles. The number of carbonyl (C=O) groups excluding carboxylic acids is 1. The van der Waals surface area contributed by atoms with Crippen LogP contribution in [0.25, 0.3) is 11.3 Å². The molecule has 144 valence electrons. The molecule has 1 aliphatic rings. The molecule has 2 aromatic heterocycles. The molecule has 1 saturated heterocycles. The third-order valence-electron chi connectivity index (χ3n) is 4.68. The Morgan fingerprint density at radius 1 is 1.04 bits per heavy atom. The normalized spacial score (nSPS) is 14.0. The molecule has 3 heterocycles. The Morgan fingerprint density at radius 3 is 2.43 bits per heavy atom. The fourth-order valence-corrected chi connectivity index (χ4v) is 3.69. The fraction of sp³-hybridized carbons (Fsp3) is 0.250. The Labute approximate surface area is 167 Å². The van der Waals surface area contributed by atoms with Crippen LogP contribution in [0.2, 0.25) is 0 Å². The number of carbonyl (C=O) groups is 1. The maximum Gasteiger partial charge on any atom is 0.322 e. The van der Waals surface area contributed by atoms with E-state index in [0.717, 1.165) is 40.9 Å². The number of hydrogen-bond acceptors (Lipinski definition) is 6. The van der Waals surface area contributed by atoms with Crippen LogP contribution in [0.15, 0.2) is 53.9 Å². The number of anilines is 2. The van der Waals surface area contributed by atoms with Crippen molar-refractivity contribution in [3.63, 3.8) is 0 Å². The molecule has 1 fully saturated rings. The lowest BCUT2D eigenvalue weighted by Gasteiger charge is -2.35. The number of nitrogens with one attached hydrogen (secondary N) is 1. The lowest BCUT2D eigenvalue weighted by Crippen LogP contribution is -2.50. The average molecular weight is 395 g/mol. The van der Waals surface area contributed by atoms with Gasteiger partial charge in [0, 0.05) is 31.7 Å². The van der Waals surface area contributed by atoms with E-state index in [1.54, 1.807) is 7.11 Å². The van der Waals surface area contributed by atoms with Crippen LogP contribution in [-0.2, 0) is 0 Å². The quantitative estimate of drug-likeness (QED) is 0.731. The summed E-state index contributed by atoms with van der Waals surface area (Å²) in [5.41, 5.74) is 1.82. The van der Waals surface area contributed by atoms with E-state index in [2.05, 4.69) is 20.4 Å². The van der Waals surface area contributed by atoms with Crippen molar-refractivity contribution in [3.8, 4) is 17.0 Å². The van der Waals surface area contributed by atoms with Gasteiger partial charge >= 0.3 is 6.03 Å². The third-order valence-corrected chi connectivity index (χ3v) is 5.46. The van der Waals surface area contributed by atoms with Crippen molar-refractivity contribution >= 4 is 28.2 Å². The van der Waals surface area contributed by atoms with Crippen molar-refractivity contribution in [1.29, 1.82) is 0 Å². The molecule has 8 heteroatoms.